The normalized spacial score (nSPS) is 11.5. The summed E-state index contributed by atoms with van der Waals surface area (Å²) in [5, 5.41) is 9.13. The quantitative estimate of drug-likeness (QED) is 0.504. The summed E-state index contributed by atoms with van der Waals surface area (Å²) >= 11 is 5.23. The van der Waals surface area contributed by atoms with E-state index in [9.17, 15) is 13.2 Å². The third-order valence-corrected chi connectivity index (χ3v) is 3.49. The second-order valence-electron chi connectivity index (χ2n) is 3.69. The van der Waals surface area contributed by atoms with Gasteiger partial charge in [0.1, 0.15) is 5.88 Å². The molecular formula is C10H13ClN4O3S. The van der Waals surface area contributed by atoms with Crippen LogP contribution in [-0.4, -0.2) is 39.3 Å². The molecule has 1 aromatic rings. The zero-order chi connectivity index (χ0) is 14.5. The van der Waals surface area contributed by atoms with Crippen LogP contribution in [0.15, 0.2) is 39.5 Å². The van der Waals surface area contributed by atoms with E-state index < -0.39 is 21.8 Å². The van der Waals surface area contributed by atoms with Gasteiger partial charge in [-0.1, -0.05) is 5.22 Å². The van der Waals surface area contributed by atoms with Crippen LogP contribution in [0, 0.1) is 0 Å². The number of nitrogens with one attached hydrogen (secondary N) is 1. The Balaban J connectivity index is 2.89. The topological polar surface area (TPSA) is 91.2 Å². The monoisotopic (exact) mass is 304 g/mol. The Labute approximate surface area is 116 Å². The molecule has 104 valence electrons. The molecule has 1 aromatic carbocycles. The molecule has 0 spiro atoms. The lowest BCUT2D eigenvalue weighted by molar-refractivity contribution is -0.116. The fourth-order valence-corrected chi connectivity index (χ4v) is 2.20. The van der Waals surface area contributed by atoms with Crippen LogP contribution >= 0.6 is 11.6 Å². The number of carbonyl (C=O) groups excluding carboxylic acids is 1. The molecule has 1 N–H and O–H groups in total. The second-order valence-corrected chi connectivity index (χ2v) is 5.64. The Morgan fingerprint density at radius 2 is 1.89 bits per heavy atom. The first-order valence-electron chi connectivity index (χ1n) is 5.16. The van der Waals surface area contributed by atoms with Crippen LogP contribution in [0.2, 0.25) is 0 Å². The van der Waals surface area contributed by atoms with Crippen LogP contribution in [0.1, 0.15) is 0 Å². The molecule has 0 bridgehead atoms. The predicted octanol–water partition coefficient (Wildman–Crippen LogP) is 1.29. The van der Waals surface area contributed by atoms with E-state index in [-0.39, 0.29) is 4.90 Å². The summed E-state index contributed by atoms with van der Waals surface area (Å²) in [5.41, 5.74) is 0.497. The van der Waals surface area contributed by atoms with Crippen LogP contribution < -0.4 is 4.72 Å². The van der Waals surface area contributed by atoms with Crippen LogP contribution in [0.3, 0.4) is 0 Å². The Morgan fingerprint density at radius 1 is 1.32 bits per heavy atom. The number of rotatable bonds is 5. The molecule has 0 aliphatic carbocycles. The highest BCUT2D eigenvalue weighted by Gasteiger charge is 2.16. The fourth-order valence-electron chi connectivity index (χ4n) is 1.07. The molecule has 0 aliphatic rings. The molecule has 0 heterocycles. The number of alkyl halides is 1. The molecule has 0 radical (unpaired) electrons. The van der Waals surface area contributed by atoms with Crippen molar-refractivity contribution in [1.29, 1.82) is 0 Å². The van der Waals surface area contributed by atoms with Crippen LogP contribution in [0.4, 0.5) is 5.69 Å². The minimum Gasteiger partial charge on any atom is -0.285 e. The molecule has 0 unspecified atom stereocenters. The van der Waals surface area contributed by atoms with Crippen molar-refractivity contribution in [1.82, 2.24) is 9.73 Å². The Morgan fingerprint density at radius 3 is 2.37 bits per heavy atom. The zero-order valence-corrected chi connectivity index (χ0v) is 11.9. The van der Waals surface area contributed by atoms with Crippen molar-refractivity contribution in [2.75, 3.05) is 20.0 Å². The minimum absolute atomic E-state index is 0.0465. The van der Waals surface area contributed by atoms with Gasteiger partial charge in [0.25, 0.3) is 10.0 Å². The lowest BCUT2D eigenvalue weighted by Crippen LogP contribution is -2.31. The number of amides is 1. The van der Waals surface area contributed by atoms with Crippen molar-refractivity contribution < 1.29 is 13.2 Å². The van der Waals surface area contributed by atoms with Gasteiger partial charge >= 0.3 is 0 Å². The van der Waals surface area contributed by atoms with E-state index in [0.29, 0.717) is 5.69 Å². The van der Waals surface area contributed by atoms with Gasteiger partial charge in [-0.25, -0.2) is 13.1 Å². The number of hydrogen-bond donors (Lipinski definition) is 1. The molecule has 19 heavy (non-hydrogen) atoms. The van der Waals surface area contributed by atoms with Gasteiger partial charge in [0.05, 0.1) is 10.6 Å². The van der Waals surface area contributed by atoms with E-state index >= 15 is 0 Å². The molecule has 0 aromatic heterocycles. The highest BCUT2D eigenvalue weighted by atomic mass is 35.5. The SMILES string of the molecule is CN(C)N=Nc1ccc(S(=O)(=O)NC(=O)CCl)cc1. The first-order chi connectivity index (χ1) is 8.85. The van der Waals surface area contributed by atoms with Crippen molar-refractivity contribution in [3.8, 4) is 0 Å². The first kappa shape index (κ1) is 15.4. The lowest BCUT2D eigenvalue weighted by atomic mass is 10.3. The van der Waals surface area contributed by atoms with Crippen LogP contribution in [0.5, 0.6) is 0 Å². The van der Waals surface area contributed by atoms with E-state index in [1.165, 1.54) is 29.3 Å². The maximum absolute atomic E-state index is 11.7. The molecule has 0 atom stereocenters. The number of hydrogen-bond acceptors (Lipinski definition) is 5. The summed E-state index contributed by atoms with van der Waals surface area (Å²) in [7, 11) is -0.462. The predicted molar refractivity (Wildman–Crippen MR) is 70.7 cm³/mol. The molecule has 0 saturated heterocycles. The average molecular weight is 305 g/mol. The maximum Gasteiger partial charge on any atom is 0.264 e. The van der Waals surface area contributed by atoms with E-state index in [1.807, 2.05) is 4.72 Å². The van der Waals surface area contributed by atoms with Gasteiger partial charge < -0.3 is 0 Å². The van der Waals surface area contributed by atoms with Crippen LogP contribution in [0.25, 0.3) is 0 Å². The molecule has 0 aliphatic heterocycles. The third kappa shape index (κ3) is 4.84. The zero-order valence-electron chi connectivity index (χ0n) is 10.4. The van der Waals surface area contributed by atoms with E-state index in [0.717, 1.165) is 0 Å². The van der Waals surface area contributed by atoms with Gasteiger partial charge in [-0.15, -0.1) is 16.7 Å². The van der Waals surface area contributed by atoms with Gasteiger partial charge in [-0.05, 0) is 24.3 Å². The molecule has 0 fully saturated rings. The maximum atomic E-state index is 11.7. The number of nitrogens with zero attached hydrogens (tertiary/aromatic N) is 3. The molecule has 1 rings (SSSR count). The fraction of sp³-hybridized carbons (Fsp3) is 0.300. The molecule has 9 heteroatoms. The lowest BCUT2D eigenvalue weighted by Gasteiger charge is -2.05. The van der Waals surface area contributed by atoms with Crippen LogP contribution in [-0.2, 0) is 14.8 Å². The van der Waals surface area contributed by atoms with Gasteiger partial charge in [-0.2, -0.15) is 0 Å². The number of halogens is 1. The number of sulfonamides is 1. The van der Waals surface area contributed by atoms with E-state index in [4.69, 9.17) is 11.6 Å². The summed E-state index contributed by atoms with van der Waals surface area (Å²) in [4.78, 5) is 10.9. The van der Waals surface area contributed by atoms with E-state index in [2.05, 4.69) is 10.3 Å². The standard InChI is InChI=1S/C10H13ClN4O3S/c1-15(2)14-12-8-3-5-9(6-4-8)19(17,18)13-10(16)7-11/h3-6H,7H2,1-2H3,(H,13,16). The molecular weight excluding hydrogens is 292 g/mol. The van der Waals surface area contributed by atoms with Crippen molar-refractivity contribution >= 4 is 33.2 Å². The third-order valence-electron chi connectivity index (χ3n) is 1.86. The smallest absolute Gasteiger partial charge is 0.264 e. The van der Waals surface area contributed by atoms with Crippen molar-refractivity contribution in [3.05, 3.63) is 24.3 Å². The largest absolute Gasteiger partial charge is 0.285 e. The van der Waals surface area contributed by atoms with E-state index in [1.54, 1.807) is 14.1 Å². The highest BCUT2D eigenvalue weighted by molar-refractivity contribution is 7.90. The second kappa shape index (κ2) is 6.48. The summed E-state index contributed by atoms with van der Waals surface area (Å²) in [5.74, 6) is -1.20. The highest BCUT2D eigenvalue weighted by Crippen LogP contribution is 2.16. The summed E-state index contributed by atoms with van der Waals surface area (Å²) in [6.07, 6.45) is 0. The minimum atomic E-state index is -3.89. The van der Waals surface area contributed by atoms with Gasteiger partial charge in [0.15, 0.2) is 0 Å². The van der Waals surface area contributed by atoms with Gasteiger partial charge in [0.2, 0.25) is 5.91 Å². The first-order valence-corrected chi connectivity index (χ1v) is 7.17. The van der Waals surface area contributed by atoms with Crippen molar-refractivity contribution in [3.63, 3.8) is 0 Å². The van der Waals surface area contributed by atoms with Gasteiger partial charge in [0, 0.05) is 14.1 Å². The Bertz CT molecular complexity index is 569. The number of carbonyl (C=O) groups is 1. The summed E-state index contributed by atoms with van der Waals surface area (Å²) in [6, 6.07) is 5.61. The molecule has 1 amide bonds. The Hall–Kier alpha value is -1.67. The Kier molecular flexibility index (Phi) is 5.25. The van der Waals surface area contributed by atoms with Crippen molar-refractivity contribution in [2.24, 2.45) is 10.3 Å². The molecule has 7 nitrogen and oxygen atoms in total. The van der Waals surface area contributed by atoms with Crippen molar-refractivity contribution in [2.45, 2.75) is 4.90 Å². The van der Waals surface area contributed by atoms with Gasteiger partial charge in [-0.3, -0.25) is 9.80 Å². The molecule has 0 saturated carbocycles. The summed E-state index contributed by atoms with van der Waals surface area (Å²) in [6.45, 7) is 0. The number of benzene rings is 1. The average Bonchev–Trinajstić information content (AvgIpc) is 2.36. The summed E-state index contributed by atoms with van der Waals surface area (Å²) < 4.78 is 25.3.